The van der Waals surface area contributed by atoms with E-state index in [0.717, 1.165) is 88.7 Å². The predicted octanol–water partition coefficient (Wildman–Crippen LogP) is 12.2. The largest absolute Gasteiger partial charge is 0.459 e. The summed E-state index contributed by atoms with van der Waals surface area (Å²) < 4.78 is 12.6. The molecule has 0 saturated heterocycles. The lowest BCUT2D eigenvalue weighted by Crippen LogP contribution is -2.40. The van der Waals surface area contributed by atoms with Crippen LogP contribution in [0.25, 0.3) is 82.3 Å². The van der Waals surface area contributed by atoms with E-state index in [4.69, 9.17) is 18.8 Å². The lowest BCUT2D eigenvalue weighted by molar-refractivity contribution is 0.529. The van der Waals surface area contributed by atoms with Crippen LogP contribution in [0.5, 0.6) is 0 Å². The van der Waals surface area contributed by atoms with Crippen molar-refractivity contribution in [3.63, 3.8) is 0 Å². The number of nitrogens with zero attached hydrogens (tertiary/aromatic N) is 2. The lowest BCUT2D eigenvalue weighted by atomic mass is 9.88. The molecule has 10 aromatic rings. The second-order valence-electron chi connectivity index (χ2n) is 14.9. The molecule has 8 aromatic carbocycles. The van der Waals surface area contributed by atoms with Gasteiger partial charge in [-0.25, -0.2) is 9.98 Å². The molecule has 274 valence electrons. The first kappa shape index (κ1) is 32.5. The number of furan rings is 2. The highest BCUT2D eigenvalue weighted by atomic mass is 16.3. The number of benzene rings is 8. The molecule has 0 radical (unpaired) electrons. The van der Waals surface area contributed by atoms with Crippen molar-refractivity contribution in [1.82, 2.24) is 10.6 Å². The first-order valence-corrected chi connectivity index (χ1v) is 19.6. The minimum atomic E-state index is -0.415. The van der Waals surface area contributed by atoms with Crippen molar-refractivity contribution in [1.29, 1.82) is 0 Å². The van der Waals surface area contributed by atoms with Crippen molar-refractivity contribution in [2.24, 2.45) is 9.98 Å². The normalized spacial score (nSPS) is 15.2. The van der Waals surface area contributed by atoms with Gasteiger partial charge >= 0.3 is 0 Å². The van der Waals surface area contributed by atoms with Crippen LogP contribution in [-0.2, 0) is 6.54 Å². The number of rotatable bonds is 5. The third kappa shape index (κ3) is 5.05. The maximum Gasteiger partial charge on any atom is 0.160 e. The average molecular weight is 747 g/mol. The summed E-state index contributed by atoms with van der Waals surface area (Å²) in [6.45, 7) is 0.619. The smallest absolute Gasteiger partial charge is 0.160 e. The summed E-state index contributed by atoms with van der Waals surface area (Å²) in [5.74, 6) is 2.35. The Labute approximate surface area is 333 Å². The second-order valence-corrected chi connectivity index (χ2v) is 14.9. The van der Waals surface area contributed by atoms with E-state index in [0.29, 0.717) is 12.4 Å². The van der Waals surface area contributed by atoms with E-state index < -0.39 is 6.17 Å². The number of hydrogen-bond donors (Lipinski definition) is 2. The number of hydrogen-bond acceptors (Lipinski definition) is 6. The lowest BCUT2D eigenvalue weighted by Gasteiger charge is -2.27. The molecular weight excluding hydrogens is 713 g/mol. The Balaban J connectivity index is 1.02. The van der Waals surface area contributed by atoms with Crippen LogP contribution < -0.4 is 10.6 Å². The van der Waals surface area contributed by atoms with Crippen LogP contribution in [0.1, 0.15) is 22.5 Å². The SMILES string of the molecule is C1=C(C2N=C(c3ccc(-c4ccc(-c5cccc6oc7ccccc7c56)c5ccccc45)c4ccccc34)N=C(c3ccccc3)N2)c2c(oc3ccccc23)CN1. The number of nitrogens with one attached hydrogen (secondary N) is 2. The van der Waals surface area contributed by atoms with Gasteiger partial charge in [-0.05, 0) is 68.1 Å². The van der Waals surface area contributed by atoms with Gasteiger partial charge in [0.25, 0.3) is 0 Å². The van der Waals surface area contributed by atoms with Crippen molar-refractivity contribution in [3.05, 3.63) is 199 Å². The fraction of sp³-hybridized carbons (Fsp3) is 0.0385. The predicted molar refractivity (Wildman–Crippen MR) is 237 cm³/mol. The van der Waals surface area contributed by atoms with Gasteiger partial charge in [0.15, 0.2) is 5.84 Å². The summed E-state index contributed by atoms with van der Waals surface area (Å²) in [5, 5.41) is 15.1. The first-order valence-electron chi connectivity index (χ1n) is 19.6. The Morgan fingerprint density at radius 2 is 1.02 bits per heavy atom. The topological polar surface area (TPSA) is 75.1 Å². The van der Waals surface area contributed by atoms with Gasteiger partial charge in [-0.1, -0.05) is 146 Å². The number of fused-ring (bicyclic) bond motifs is 8. The molecule has 12 rings (SSSR count). The van der Waals surface area contributed by atoms with Gasteiger partial charge in [0, 0.05) is 44.6 Å². The molecule has 1 unspecified atom stereocenters. The van der Waals surface area contributed by atoms with Crippen LogP contribution in [0.4, 0.5) is 0 Å². The van der Waals surface area contributed by atoms with E-state index in [1.165, 1.54) is 21.9 Å². The Kier molecular flexibility index (Phi) is 7.25. The quantitative estimate of drug-likeness (QED) is 0.184. The van der Waals surface area contributed by atoms with Gasteiger partial charge in [0.05, 0.1) is 6.54 Å². The zero-order chi connectivity index (χ0) is 38.2. The molecule has 58 heavy (non-hydrogen) atoms. The molecule has 0 fully saturated rings. The van der Waals surface area contributed by atoms with Gasteiger partial charge in [-0.15, -0.1) is 0 Å². The molecule has 1 atom stereocenters. The molecular formula is C52H34N4O2. The Bertz CT molecular complexity index is 3390. The van der Waals surface area contributed by atoms with Crippen LogP contribution in [0, 0.1) is 0 Å². The van der Waals surface area contributed by atoms with E-state index in [-0.39, 0.29) is 0 Å². The summed E-state index contributed by atoms with van der Waals surface area (Å²) in [6, 6.07) is 59.5. The standard InChI is InChI=1S/C52H34N4O2/c1-2-13-31(14-3-1)50-54-51(56-52(55-50)43-29-53-30-47-49(43)42-20-9-11-23-45(42)58-47)40-28-27-37(34-17-6-7-18-35(34)40)36-25-26-38(33-16-5-4-15-32(33)36)39-21-12-24-46-48(39)41-19-8-10-22-44(41)57-46/h1-29,52-53H,30H2,(H,54,55,56). The van der Waals surface area contributed by atoms with Crippen molar-refractivity contribution >= 4 is 71.7 Å². The summed E-state index contributed by atoms with van der Waals surface area (Å²) in [4.78, 5) is 10.6. The van der Waals surface area contributed by atoms with Crippen LogP contribution in [-0.4, -0.2) is 17.8 Å². The second kappa shape index (κ2) is 12.9. The molecule has 0 saturated carbocycles. The molecule has 6 nitrogen and oxygen atoms in total. The highest BCUT2D eigenvalue weighted by Crippen LogP contribution is 2.43. The van der Waals surface area contributed by atoms with Crippen molar-refractivity contribution in [2.45, 2.75) is 12.7 Å². The Morgan fingerprint density at radius 3 is 1.72 bits per heavy atom. The summed E-state index contributed by atoms with van der Waals surface area (Å²) in [5.41, 5.74) is 11.4. The van der Waals surface area contributed by atoms with Gasteiger partial charge in [-0.3, -0.25) is 0 Å². The molecule has 4 heterocycles. The van der Waals surface area contributed by atoms with Gasteiger partial charge in [0.2, 0.25) is 0 Å². The zero-order valence-electron chi connectivity index (χ0n) is 31.2. The average Bonchev–Trinajstić information content (AvgIpc) is 3.87. The number of para-hydroxylation sites is 2. The van der Waals surface area contributed by atoms with Crippen LogP contribution in [0.2, 0.25) is 0 Å². The van der Waals surface area contributed by atoms with E-state index in [1.54, 1.807) is 0 Å². The minimum absolute atomic E-state index is 0.415. The Morgan fingerprint density at radius 1 is 0.466 bits per heavy atom. The first-order chi connectivity index (χ1) is 28.8. The molecule has 0 aliphatic carbocycles. The molecule has 2 aromatic heterocycles. The molecule has 6 heteroatoms. The molecule has 0 spiro atoms. The molecule has 0 bridgehead atoms. The van der Waals surface area contributed by atoms with Crippen LogP contribution in [0.15, 0.2) is 195 Å². The van der Waals surface area contributed by atoms with Crippen molar-refractivity contribution < 1.29 is 8.83 Å². The summed E-state index contributed by atoms with van der Waals surface area (Å²) in [6.07, 6.45) is 1.66. The monoisotopic (exact) mass is 746 g/mol. The van der Waals surface area contributed by atoms with Gasteiger partial charge in [-0.2, -0.15) is 0 Å². The highest BCUT2D eigenvalue weighted by Gasteiger charge is 2.30. The minimum Gasteiger partial charge on any atom is -0.459 e. The van der Waals surface area contributed by atoms with E-state index >= 15 is 0 Å². The summed E-state index contributed by atoms with van der Waals surface area (Å²) in [7, 11) is 0. The maximum absolute atomic E-state index is 6.33. The zero-order valence-corrected chi connectivity index (χ0v) is 31.2. The molecule has 0 amide bonds. The maximum atomic E-state index is 6.33. The number of amidine groups is 2. The van der Waals surface area contributed by atoms with E-state index in [9.17, 15) is 0 Å². The molecule has 2 N–H and O–H groups in total. The Hall–Kier alpha value is -7.70. The summed E-state index contributed by atoms with van der Waals surface area (Å²) >= 11 is 0. The van der Waals surface area contributed by atoms with E-state index in [1.807, 2.05) is 42.5 Å². The fourth-order valence-electron chi connectivity index (χ4n) is 9.05. The highest BCUT2D eigenvalue weighted by molar-refractivity contribution is 6.21. The fourth-order valence-corrected chi connectivity index (χ4v) is 9.05. The third-order valence-corrected chi connectivity index (χ3v) is 11.6. The molecule has 2 aliphatic heterocycles. The van der Waals surface area contributed by atoms with E-state index in [2.05, 4.69) is 144 Å². The molecule has 2 aliphatic rings. The van der Waals surface area contributed by atoms with Crippen molar-refractivity contribution in [3.8, 4) is 22.3 Å². The third-order valence-electron chi connectivity index (χ3n) is 11.6. The van der Waals surface area contributed by atoms with Crippen molar-refractivity contribution in [2.75, 3.05) is 0 Å². The van der Waals surface area contributed by atoms with Gasteiger partial charge in [0.1, 0.15) is 34.5 Å². The van der Waals surface area contributed by atoms with Crippen LogP contribution in [0.3, 0.4) is 0 Å². The van der Waals surface area contributed by atoms with Gasteiger partial charge < -0.3 is 19.5 Å². The number of aliphatic imine (C=N–C) groups is 2. The van der Waals surface area contributed by atoms with Crippen LogP contribution >= 0.6 is 0 Å².